The van der Waals surface area contributed by atoms with Crippen LogP contribution in [0.25, 0.3) is 5.65 Å². The van der Waals surface area contributed by atoms with Crippen molar-refractivity contribution in [1.29, 1.82) is 0 Å². The Labute approximate surface area is 116 Å². The van der Waals surface area contributed by atoms with Crippen LogP contribution in [0.3, 0.4) is 0 Å². The van der Waals surface area contributed by atoms with Gasteiger partial charge in [0.25, 0.3) is 0 Å². The van der Waals surface area contributed by atoms with Crippen molar-refractivity contribution in [3.8, 4) is 0 Å². The van der Waals surface area contributed by atoms with Crippen molar-refractivity contribution < 1.29 is 4.79 Å². The van der Waals surface area contributed by atoms with Crippen LogP contribution in [0.1, 0.15) is 11.1 Å². The predicted octanol–water partition coefficient (Wildman–Crippen LogP) is 0.927. The standard InChI is InChI=1S/C14H15N5O/c1-18-10-12(9-17-18)7-14(20)16-8-11-2-4-19-5-3-15-13(19)6-11/h2-6,9-10H,7-8H2,1H3,(H,16,20). The molecule has 1 N–H and O–H groups in total. The molecule has 0 aliphatic carbocycles. The van der Waals surface area contributed by atoms with E-state index in [9.17, 15) is 4.79 Å². The van der Waals surface area contributed by atoms with Crippen molar-refractivity contribution >= 4 is 11.6 Å². The Morgan fingerprint density at radius 1 is 1.35 bits per heavy atom. The maximum absolute atomic E-state index is 11.8. The van der Waals surface area contributed by atoms with Gasteiger partial charge >= 0.3 is 0 Å². The molecule has 0 aromatic carbocycles. The highest BCUT2D eigenvalue weighted by molar-refractivity contribution is 5.78. The van der Waals surface area contributed by atoms with Crippen molar-refractivity contribution in [2.45, 2.75) is 13.0 Å². The highest BCUT2D eigenvalue weighted by atomic mass is 16.1. The summed E-state index contributed by atoms with van der Waals surface area (Å²) in [6.07, 6.45) is 9.47. The fraction of sp³-hybridized carbons (Fsp3) is 0.214. The van der Waals surface area contributed by atoms with Gasteiger partial charge in [-0.15, -0.1) is 0 Å². The lowest BCUT2D eigenvalue weighted by Crippen LogP contribution is -2.24. The summed E-state index contributed by atoms with van der Waals surface area (Å²) < 4.78 is 3.62. The van der Waals surface area contributed by atoms with Crippen molar-refractivity contribution in [2.24, 2.45) is 7.05 Å². The zero-order chi connectivity index (χ0) is 13.9. The Bertz CT molecular complexity index is 743. The van der Waals surface area contributed by atoms with E-state index in [2.05, 4.69) is 15.4 Å². The molecule has 6 heteroatoms. The van der Waals surface area contributed by atoms with E-state index in [0.29, 0.717) is 13.0 Å². The molecule has 3 heterocycles. The molecule has 0 saturated carbocycles. The second-order valence-corrected chi connectivity index (χ2v) is 4.70. The first kappa shape index (κ1) is 12.4. The fourth-order valence-electron chi connectivity index (χ4n) is 2.07. The van der Waals surface area contributed by atoms with Crippen molar-refractivity contribution in [2.75, 3.05) is 0 Å². The number of carbonyl (C=O) groups excluding carboxylic acids is 1. The molecule has 0 radical (unpaired) electrons. The maximum atomic E-state index is 11.8. The Morgan fingerprint density at radius 3 is 3.05 bits per heavy atom. The van der Waals surface area contributed by atoms with Crippen LogP contribution < -0.4 is 5.32 Å². The molecule has 20 heavy (non-hydrogen) atoms. The van der Waals surface area contributed by atoms with Crippen LogP contribution in [0.15, 0.2) is 43.1 Å². The van der Waals surface area contributed by atoms with Gasteiger partial charge in [-0.05, 0) is 23.3 Å². The zero-order valence-corrected chi connectivity index (χ0v) is 11.2. The molecule has 0 atom stereocenters. The summed E-state index contributed by atoms with van der Waals surface area (Å²) in [5, 5.41) is 6.94. The normalized spacial score (nSPS) is 10.8. The minimum absolute atomic E-state index is 0.0128. The second kappa shape index (κ2) is 5.16. The predicted molar refractivity (Wildman–Crippen MR) is 74.0 cm³/mol. The molecular formula is C14H15N5O. The van der Waals surface area contributed by atoms with Gasteiger partial charge in [0, 0.05) is 38.4 Å². The summed E-state index contributed by atoms with van der Waals surface area (Å²) in [6, 6.07) is 3.93. The third kappa shape index (κ3) is 2.69. The lowest BCUT2D eigenvalue weighted by molar-refractivity contribution is -0.120. The number of pyridine rings is 1. The largest absolute Gasteiger partial charge is 0.352 e. The van der Waals surface area contributed by atoms with E-state index < -0.39 is 0 Å². The summed E-state index contributed by atoms with van der Waals surface area (Å²) >= 11 is 0. The van der Waals surface area contributed by atoms with E-state index in [0.717, 1.165) is 16.8 Å². The Balaban J connectivity index is 1.59. The van der Waals surface area contributed by atoms with Gasteiger partial charge in [-0.3, -0.25) is 9.48 Å². The van der Waals surface area contributed by atoms with Crippen LogP contribution in [0.5, 0.6) is 0 Å². The SMILES string of the molecule is Cn1cc(CC(=O)NCc2ccn3ccnc3c2)cn1. The van der Waals surface area contributed by atoms with Gasteiger partial charge in [-0.2, -0.15) is 5.10 Å². The van der Waals surface area contributed by atoms with E-state index in [4.69, 9.17) is 0 Å². The molecule has 3 aromatic rings. The number of nitrogens with zero attached hydrogens (tertiary/aromatic N) is 4. The third-order valence-electron chi connectivity index (χ3n) is 3.08. The zero-order valence-electron chi connectivity index (χ0n) is 11.2. The van der Waals surface area contributed by atoms with E-state index in [-0.39, 0.29) is 5.91 Å². The van der Waals surface area contributed by atoms with Gasteiger partial charge in [0.15, 0.2) is 0 Å². The molecule has 0 fully saturated rings. The van der Waals surface area contributed by atoms with Gasteiger partial charge < -0.3 is 9.72 Å². The molecule has 102 valence electrons. The van der Waals surface area contributed by atoms with Gasteiger partial charge in [0.2, 0.25) is 5.91 Å². The first-order valence-corrected chi connectivity index (χ1v) is 6.36. The van der Waals surface area contributed by atoms with Crippen LogP contribution in [0, 0.1) is 0 Å². The monoisotopic (exact) mass is 269 g/mol. The highest BCUT2D eigenvalue weighted by Crippen LogP contribution is 2.05. The minimum Gasteiger partial charge on any atom is -0.352 e. The molecule has 1 amide bonds. The van der Waals surface area contributed by atoms with Gasteiger partial charge in [-0.1, -0.05) is 0 Å². The number of rotatable bonds is 4. The van der Waals surface area contributed by atoms with Crippen molar-refractivity contribution in [3.05, 3.63) is 54.2 Å². The first-order valence-electron chi connectivity index (χ1n) is 6.36. The van der Waals surface area contributed by atoms with Crippen LogP contribution >= 0.6 is 0 Å². The van der Waals surface area contributed by atoms with Crippen LogP contribution in [-0.2, 0) is 24.8 Å². The molecule has 3 rings (SSSR count). The number of nitrogens with one attached hydrogen (secondary N) is 1. The first-order chi connectivity index (χ1) is 9.70. The fourth-order valence-corrected chi connectivity index (χ4v) is 2.07. The number of aromatic nitrogens is 4. The Hall–Kier alpha value is -2.63. The molecule has 0 aliphatic heterocycles. The topological polar surface area (TPSA) is 64.2 Å². The van der Waals surface area contributed by atoms with E-state index >= 15 is 0 Å². The van der Waals surface area contributed by atoms with Crippen molar-refractivity contribution in [1.82, 2.24) is 24.5 Å². The summed E-state index contributed by atoms with van der Waals surface area (Å²) in [5.41, 5.74) is 2.82. The number of fused-ring (bicyclic) bond motifs is 1. The van der Waals surface area contributed by atoms with Crippen LogP contribution in [-0.4, -0.2) is 25.1 Å². The van der Waals surface area contributed by atoms with Gasteiger partial charge in [0.1, 0.15) is 5.65 Å². The van der Waals surface area contributed by atoms with Crippen molar-refractivity contribution in [3.63, 3.8) is 0 Å². The second-order valence-electron chi connectivity index (χ2n) is 4.70. The number of hydrogen-bond acceptors (Lipinski definition) is 3. The van der Waals surface area contributed by atoms with Crippen LogP contribution in [0.4, 0.5) is 0 Å². The Kier molecular flexibility index (Phi) is 3.20. The molecule has 0 unspecified atom stereocenters. The number of imidazole rings is 1. The van der Waals surface area contributed by atoms with Gasteiger partial charge in [-0.25, -0.2) is 4.98 Å². The number of amides is 1. The molecular weight excluding hydrogens is 254 g/mol. The molecule has 0 spiro atoms. The summed E-state index contributed by atoms with van der Waals surface area (Å²) in [5.74, 6) is -0.0128. The molecule has 6 nitrogen and oxygen atoms in total. The quantitative estimate of drug-likeness (QED) is 0.766. The number of hydrogen-bond donors (Lipinski definition) is 1. The summed E-state index contributed by atoms with van der Waals surface area (Å²) in [4.78, 5) is 16.1. The maximum Gasteiger partial charge on any atom is 0.224 e. The number of carbonyl (C=O) groups is 1. The highest BCUT2D eigenvalue weighted by Gasteiger charge is 2.05. The van der Waals surface area contributed by atoms with E-state index in [1.54, 1.807) is 17.1 Å². The molecule has 3 aromatic heterocycles. The van der Waals surface area contributed by atoms with E-state index in [1.807, 2.05) is 42.2 Å². The lowest BCUT2D eigenvalue weighted by atomic mass is 10.2. The average molecular weight is 269 g/mol. The lowest BCUT2D eigenvalue weighted by Gasteiger charge is -2.05. The van der Waals surface area contributed by atoms with E-state index in [1.165, 1.54) is 0 Å². The van der Waals surface area contributed by atoms with Gasteiger partial charge in [0.05, 0.1) is 12.6 Å². The molecule has 0 bridgehead atoms. The Morgan fingerprint density at radius 2 is 2.25 bits per heavy atom. The molecule has 0 aliphatic rings. The van der Waals surface area contributed by atoms with Crippen LogP contribution in [0.2, 0.25) is 0 Å². The smallest absolute Gasteiger partial charge is 0.224 e. The number of aryl methyl sites for hydroxylation is 1. The average Bonchev–Trinajstić information content (AvgIpc) is 3.04. The summed E-state index contributed by atoms with van der Waals surface area (Å²) in [7, 11) is 1.83. The summed E-state index contributed by atoms with van der Waals surface area (Å²) in [6.45, 7) is 0.502. The third-order valence-corrected chi connectivity index (χ3v) is 3.08. The molecule has 0 saturated heterocycles. The minimum atomic E-state index is -0.0128.